The fraction of sp³-hybridized carbons (Fsp3) is 0.760. The molecule has 8 nitrogen and oxygen atoms in total. The van der Waals surface area contributed by atoms with Crippen LogP contribution in [0.5, 0.6) is 0 Å². The molecule has 11 heteroatoms. The molecule has 6 rings (SSSR count). The van der Waals surface area contributed by atoms with Gasteiger partial charge in [-0.1, -0.05) is 6.07 Å². The third-order valence-electron chi connectivity index (χ3n) is 8.90. The number of nitrogens with one attached hydrogen (secondary N) is 1. The molecular weight excluding hydrogens is 477 g/mol. The summed E-state index contributed by atoms with van der Waals surface area (Å²) < 4.78 is 56.7. The second-order valence-corrected chi connectivity index (χ2v) is 10.8. The van der Waals surface area contributed by atoms with Crippen molar-refractivity contribution in [3.05, 3.63) is 23.9 Å². The molecule has 5 heterocycles. The highest BCUT2D eigenvalue weighted by Gasteiger charge is 2.60. The van der Waals surface area contributed by atoms with E-state index in [0.29, 0.717) is 45.1 Å². The van der Waals surface area contributed by atoms with Crippen LogP contribution in [0.2, 0.25) is 0 Å². The molecule has 1 amide bonds. The molecule has 4 saturated heterocycles. The highest BCUT2D eigenvalue weighted by atomic mass is 19.4. The Morgan fingerprint density at radius 1 is 1.22 bits per heavy atom. The van der Waals surface area contributed by atoms with E-state index in [1.165, 1.54) is 6.07 Å². The molecule has 2 bridgehead atoms. The first-order valence-corrected chi connectivity index (χ1v) is 12.9. The Hall–Kier alpha value is -1.95. The van der Waals surface area contributed by atoms with Crippen molar-refractivity contribution < 1.29 is 32.2 Å². The van der Waals surface area contributed by atoms with Gasteiger partial charge in [-0.2, -0.15) is 13.2 Å². The predicted octanol–water partition coefficient (Wildman–Crippen LogP) is 2.22. The number of anilines is 1. The standard InChI is InChI=1S/C25H33F3N4O4/c1-34-19-14-35-7-5-18(19)29-15-9-21-24(11-15,6-8-36-21)23(33)32-13-16-10-17(32)12-31(16)22-4-2-3-20(30-22)25(26,27)28/h2-4,15-19,21,29H,5-14H2,1H3/t15-,16?,17?,18+,19-,21-,24-/m1/s1. The third-order valence-corrected chi connectivity index (χ3v) is 8.90. The molecule has 198 valence electrons. The number of halogens is 3. The van der Waals surface area contributed by atoms with Gasteiger partial charge in [-0.25, -0.2) is 4.98 Å². The van der Waals surface area contributed by atoms with Gasteiger partial charge in [-0.05, 0) is 44.2 Å². The number of rotatable bonds is 5. The van der Waals surface area contributed by atoms with E-state index in [4.69, 9.17) is 14.2 Å². The second kappa shape index (κ2) is 9.11. The van der Waals surface area contributed by atoms with Crippen LogP contribution in [-0.2, 0) is 25.2 Å². The van der Waals surface area contributed by atoms with Crippen LogP contribution in [0.15, 0.2) is 18.2 Å². The Kier molecular flexibility index (Phi) is 6.17. The van der Waals surface area contributed by atoms with E-state index in [2.05, 4.69) is 10.3 Å². The Balaban J connectivity index is 1.13. The fourth-order valence-electron chi connectivity index (χ4n) is 7.13. The Bertz CT molecular complexity index is 996. The van der Waals surface area contributed by atoms with E-state index in [9.17, 15) is 18.0 Å². The summed E-state index contributed by atoms with van der Waals surface area (Å²) in [5.74, 6) is 0.479. The van der Waals surface area contributed by atoms with Gasteiger partial charge in [0.25, 0.3) is 0 Å². The quantitative estimate of drug-likeness (QED) is 0.651. The van der Waals surface area contributed by atoms with Gasteiger partial charge in [0.2, 0.25) is 5.91 Å². The van der Waals surface area contributed by atoms with Gasteiger partial charge in [-0.3, -0.25) is 4.79 Å². The number of carbonyl (C=O) groups excluding carboxylic acids is 1. The van der Waals surface area contributed by atoms with Crippen molar-refractivity contribution in [1.82, 2.24) is 15.2 Å². The van der Waals surface area contributed by atoms with Crippen LogP contribution in [0, 0.1) is 5.41 Å². The van der Waals surface area contributed by atoms with Crippen LogP contribution in [0.4, 0.5) is 19.0 Å². The van der Waals surface area contributed by atoms with Gasteiger partial charge in [0.15, 0.2) is 0 Å². The number of hydrogen-bond donors (Lipinski definition) is 1. The minimum absolute atomic E-state index is 0.00322. The molecule has 1 aromatic rings. The summed E-state index contributed by atoms with van der Waals surface area (Å²) in [6, 6.07) is 4.34. The molecule has 4 aliphatic heterocycles. The number of hydrogen-bond acceptors (Lipinski definition) is 7. The van der Waals surface area contributed by atoms with E-state index < -0.39 is 17.3 Å². The smallest absolute Gasteiger partial charge is 0.379 e. The summed E-state index contributed by atoms with van der Waals surface area (Å²) in [7, 11) is 1.70. The Labute approximate surface area is 208 Å². The normalized spacial score (nSPS) is 38.1. The van der Waals surface area contributed by atoms with Gasteiger partial charge < -0.3 is 29.3 Å². The molecule has 5 fully saturated rings. The van der Waals surface area contributed by atoms with Gasteiger partial charge >= 0.3 is 6.18 Å². The average Bonchev–Trinajstić information content (AvgIpc) is 3.63. The molecule has 36 heavy (non-hydrogen) atoms. The molecule has 1 saturated carbocycles. The number of nitrogens with zero attached hydrogens (tertiary/aromatic N) is 3. The molecule has 0 spiro atoms. The average molecular weight is 511 g/mol. The minimum atomic E-state index is -4.48. The summed E-state index contributed by atoms with van der Waals surface area (Å²) in [4.78, 5) is 21.8. The first-order chi connectivity index (χ1) is 17.3. The number of alkyl halides is 3. The maximum atomic E-state index is 14.0. The summed E-state index contributed by atoms with van der Waals surface area (Å²) >= 11 is 0. The zero-order valence-corrected chi connectivity index (χ0v) is 20.4. The van der Waals surface area contributed by atoms with E-state index in [0.717, 1.165) is 31.7 Å². The molecule has 0 aromatic carbocycles. The van der Waals surface area contributed by atoms with Crippen molar-refractivity contribution in [3.8, 4) is 0 Å². The molecule has 5 aliphatic rings. The lowest BCUT2D eigenvalue weighted by Gasteiger charge is -2.40. The van der Waals surface area contributed by atoms with Crippen molar-refractivity contribution in [2.24, 2.45) is 5.41 Å². The number of pyridine rings is 1. The summed E-state index contributed by atoms with van der Waals surface area (Å²) in [5.41, 5.74) is -1.42. The number of carbonyl (C=O) groups is 1. The van der Waals surface area contributed by atoms with E-state index in [-0.39, 0.29) is 42.3 Å². The summed E-state index contributed by atoms with van der Waals surface area (Å²) in [6.45, 7) is 2.87. The van der Waals surface area contributed by atoms with Gasteiger partial charge in [-0.15, -0.1) is 0 Å². The van der Waals surface area contributed by atoms with E-state index in [1.807, 2.05) is 9.80 Å². The van der Waals surface area contributed by atoms with Crippen molar-refractivity contribution in [1.29, 1.82) is 0 Å². The number of likely N-dealkylation sites (tertiary alicyclic amines) is 1. The lowest BCUT2D eigenvalue weighted by Crippen LogP contribution is -2.55. The van der Waals surface area contributed by atoms with Crippen LogP contribution in [-0.4, -0.2) is 92.2 Å². The first-order valence-electron chi connectivity index (χ1n) is 12.9. The Morgan fingerprint density at radius 3 is 2.83 bits per heavy atom. The number of amides is 1. The minimum Gasteiger partial charge on any atom is -0.379 e. The van der Waals surface area contributed by atoms with Crippen molar-refractivity contribution in [2.45, 2.75) is 74.7 Å². The largest absolute Gasteiger partial charge is 0.433 e. The van der Waals surface area contributed by atoms with E-state index in [1.54, 1.807) is 13.2 Å². The van der Waals surface area contributed by atoms with Crippen LogP contribution in [0.25, 0.3) is 0 Å². The molecule has 1 N–H and O–H groups in total. The monoisotopic (exact) mass is 510 g/mol. The SMILES string of the molecule is CO[C@@H]1COCC[C@@H]1N[C@@H]1C[C@H]2OCC[C@@]2(C(=O)N2CC3CC2CN3c2cccc(C(F)(F)F)n2)C1. The number of aromatic nitrogens is 1. The lowest BCUT2D eigenvalue weighted by molar-refractivity contribution is -0.145. The molecular formula is C25H33F3N4O4. The predicted molar refractivity (Wildman–Crippen MR) is 123 cm³/mol. The molecule has 2 unspecified atom stereocenters. The zero-order chi connectivity index (χ0) is 25.1. The van der Waals surface area contributed by atoms with Crippen LogP contribution in [0.1, 0.15) is 37.8 Å². The summed E-state index contributed by atoms with van der Waals surface area (Å²) in [6.07, 6.45) is -0.725. The van der Waals surface area contributed by atoms with Crippen LogP contribution in [0.3, 0.4) is 0 Å². The number of ether oxygens (including phenoxy) is 3. The second-order valence-electron chi connectivity index (χ2n) is 10.8. The van der Waals surface area contributed by atoms with Gasteiger partial charge in [0, 0.05) is 45.5 Å². The lowest BCUT2D eigenvalue weighted by atomic mass is 9.80. The van der Waals surface area contributed by atoms with Crippen molar-refractivity contribution in [2.75, 3.05) is 44.9 Å². The first kappa shape index (κ1) is 24.4. The molecule has 1 aliphatic carbocycles. The topological polar surface area (TPSA) is 76.2 Å². The van der Waals surface area contributed by atoms with Crippen LogP contribution < -0.4 is 10.2 Å². The number of piperazine rings is 1. The Morgan fingerprint density at radius 2 is 2.08 bits per heavy atom. The van der Waals surface area contributed by atoms with Crippen molar-refractivity contribution >= 4 is 11.7 Å². The zero-order valence-electron chi connectivity index (χ0n) is 20.4. The maximum Gasteiger partial charge on any atom is 0.433 e. The molecule has 0 radical (unpaired) electrons. The van der Waals surface area contributed by atoms with E-state index >= 15 is 0 Å². The third kappa shape index (κ3) is 4.08. The fourth-order valence-corrected chi connectivity index (χ4v) is 7.13. The molecule has 1 aromatic heterocycles. The summed E-state index contributed by atoms with van der Waals surface area (Å²) in [5, 5.41) is 3.73. The highest BCUT2D eigenvalue weighted by molar-refractivity contribution is 5.85. The number of methoxy groups -OCH3 is 1. The van der Waals surface area contributed by atoms with Gasteiger partial charge in [0.05, 0.1) is 36.3 Å². The highest BCUT2D eigenvalue weighted by Crippen LogP contribution is 2.50. The van der Waals surface area contributed by atoms with Gasteiger partial charge in [0.1, 0.15) is 11.5 Å². The molecule has 7 atom stereocenters. The number of fused-ring (bicyclic) bond motifs is 3. The van der Waals surface area contributed by atoms with Crippen molar-refractivity contribution in [3.63, 3.8) is 0 Å². The maximum absolute atomic E-state index is 14.0. The van der Waals surface area contributed by atoms with Crippen LogP contribution >= 0.6 is 0 Å².